The highest BCUT2D eigenvalue weighted by atomic mass is 19.1. The van der Waals surface area contributed by atoms with E-state index in [4.69, 9.17) is 9.15 Å². The Kier molecular flexibility index (Phi) is 3.24. The maximum Gasteiger partial charge on any atom is 0.173 e. The third-order valence-corrected chi connectivity index (χ3v) is 3.34. The number of methoxy groups -OCH3 is 1. The molecule has 1 aliphatic rings. The van der Waals surface area contributed by atoms with Crippen molar-refractivity contribution in [3.63, 3.8) is 0 Å². The van der Waals surface area contributed by atoms with Crippen LogP contribution in [0.1, 0.15) is 24.2 Å². The number of fused-ring (bicyclic) bond motifs is 1. The van der Waals surface area contributed by atoms with Gasteiger partial charge in [0.1, 0.15) is 11.6 Å². The Morgan fingerprint density at radius 1 is 1.32 bits per heavy atom. The second-order valence-corrected chi connectivity index (χ2v) is 4.83. The molecule has 3 rings (SSSR count). The van der Waals surface area contributed by atoms with Gasteiger partial charge in [0.05, 0.1) is 18.5 Å². The van der Waals surface area contributed by atoms with E-state index in [-0.39, 0.29) is 17.6 Å². The Bertz CT molecular complexity index is 605. The second kappa shape index (κ2) is 4.90. The number of nitrogens with one attached hydrogen (secondary N) is 1. The predicted molar refractivity (Wildman–Crippen MR) is 66.7 cm³/mol. The third-order valence-electron chi connectivity index (χ3n) is 3.34. The zero-order valence-corrected chi connectivity index (χ0v) is 10.6. The summed E-state index contributed by atoms with van der Waals surface area (Å²) in [5.41, 5.74) is 0.558. The molecule has 1 aromatic carbocycles. The van der Waals surface area contributed by atoms with E-state index in [1.165, 1.54) is 7.11 Å². The molecule has 2 aromatic rings. The van der Waals surface area contributed by atoms with Crippen molar-refractivity contribution < 1.29 is 17.9 Å². The topological polar surface area (TPSA) is 34.4 Å². The van der Waals surface area contributed by atoms with E-state index < -0.39 is 11.6 Å². The smallest absolute Gasteiger partial charge is 0.173 e. The normalized spacial score (nSPS) is 15.3. The summed E-state index contributed by atoms with van der Waals surface area (Å²) in [6, 6.07) is 2.69. The van der Waals surface area contributed by atoms with Gasteiger partial charge >= 0.3 is 0 Å². The Balaban J connectivity index is 2.05. The minimum atomic E-state index is -0.550. The van der Waals surface area contributed by atoms with Crippen molar-refractivity contribution >= 4 is 11.0 Å². The van der Waals surface area contributed by atoms with Crippen LogP contribution < -0.4 is 5.32 Å². The first kappa shape index (κ1) is 12.6. The van der Waals surface area contributed by atoms with E-state index in [1.54, 1.807) is 0 Å². The third kappa shape index (κ3) is 2.35. The van der Waals surface area contributed by atoms with Crippen LogP contribution in [0.5, 0.6) is 0 Å². The van der Waals surface area contributed by atoms with E-state index in [2.05, 4.69) is 5.32 Å². The van der Waals surface area contributed by atoms with Crippen molar-refractivity contribution in [2.75, 3.05) is 7.11 Å². The molecule has 0 spiro atoms. The van der Waals surface area contributed by atoms with Crippen LogP contribution in [0.4, 0.5) is 8.78 Å². The molecule has 5 heteroatoms. The van der Waals surface area contributed by atoms with Gasteiger partial charge in [-0.3, -0.25) is 0 Å². The first-order valence-electron chi connectivity index (χ1n) is 6.31. The van der Waals surface area contributed by atoms with Crippen LogP contribution in [-0.2, 0) is 17.9 Å². The van der Waals surface area contributed by atoms with Crippen molar-refractivity contribution in [3.8, 4) is 0 Å². The largest absolute Gasteiger partial charge is 0.456 e. The highest BCUT2D eigenvalue weighted by molar-refractivity contribution is 5.83. The van der Waals surface area contributed by atoms with Crippen LogP contribution in [0.25, 0.3) is 11.0 Å². The van der Waals surface area contributed by atoms with Crippen molar-refractivity contribution in [2.45, 2.75) is 32.0 Å². The fourth-order valence-electron chi connectivity index (χ4n) is 2.20. The SMILES string of the molecule is COCc1c(CNC2CC2)oc2c(F)ccc(F)c12. The molecule has 19 heavy (non-hydrogen) atoms. The van der Waals surface area contributed by atoms with Crippen molar-refractivity contribution in [1.82, 2.24) is 5.32 Å². The van der Waals surface area contributed by atoms with Crippen LogP contribution in [0.3, 0.4) is 0 Å². The van der Waals surface area contributed by atoms with Gasteiger partial charge < -0.3 is 14.5 Å². The predicted octanol–water partition coefficient (Wildman–Crippen LogP) is 3.11. The Hall–Kier alpha value is -1.46. The van der Waals surface area contributed by atoms with Crippen LogP contribution >= 0.6 is 0 Å². The van der Waals surface area contributed by atoms with Gasteiger partial charge in [-0.05, 0) is 25.0 Å². The van der Waals surface area contributed by atoms with E-state index in [9.17, 15) is 8.78 Å². The standard InChI is InChI=1S/C14H15F2NO2/c1-18-7-9-12(6-17-8-2-3-8)19-14-11(16)5-4-10(15)13(9)14/h4-5,8,17H,2-3,6-7H2,1H3. The van der Waals surface area contributed by atoms with E-state index in [0.717, 1.165) is 25.0 Å². The van der Waals surface area contributed by atoms with Crippen LogP contribution in [0.15, 0.2) is 16.5 Å². The molecule has 0 aliphatic heterocycles. The highest BCUT2D eigenvalue weighted by Gasteiger charge is 2.24. The fourth-order valence-corrected chi connectivity index (χ4v) is 2.20. The van der Waals surface area contributed by atoms with Gasteiger partial charge in [0, 0.05) is 18.7 Å². The molecular formula is C14H15F2NO2. The second-order valence-electron chi connectivity index (χ2n) is 4.83. The number of halogens is 2. The van der Waals surface area contributed by atoms with Crippen molar-refractivity contribution in [2.24, 2.45) is 0 Å². The van der Waals surface area contributed by atoms with Gasteiger partial charge in [0.15, 0.2) is 11.4 Å². The monoisotopic (exact) mass is 267 g/mol. The Morgan fingerprint density at radius 2 is 2.05 bits per heavy atom. The van der Waals surface area contributed by atoms with Gasteiger partial charge in [-0.1, -0.05) is 0 Å². The van der Waals surface area contributed by atoms with E-state index in [0.29, 0.717) is 23.9 Å². The number of furan rings is 1. The lowest BCUT2D eigenvalue weighted by molar-refractivity contribution is 0.183. The number of hydrogen-bond acceptors (Lipinski definition) is 3. The van der Waals surface area contributed by atoms with Crippen LogP contribution in [0, 0.1) is 11.6 Å². The summed E-state index contributed by atoms with van der Waals surface area (Å²) in [4.78, 5) is 0. The number of hydrogen-bond donors (Lipinski definition) is 1. The average Bonchev–Trinajstić information content (AvgIpc) is 3.15. The fraction of sp³-hybridized carbons (Fsp3) is 0.429. The molecule has 1 heterocycles. The molecule has 0 saturated heterocycles. The quantitative estimate of drug-likeness (QED) is 0.904. The lowest BCUT2D eigenvalue weighted by Crippen LogP contribution is -2.15. The van der Waals surface area contributed by atoms with Gasteiger partial charge in [-0.2, -0.15) is 0 Å². The summed E-state index contributed by atoms with van der Waals surface area (Å²) in [5.74, 6) is -0.482. The molecule has 1 aliphatic carbocycles. The summed E-state index contributed by atoms with van der Waals surface area (Å²) in [6.07, 6.45) is 2.28. The summed E-state index contributed by atoms with van der Waals surface area (Å²) >= 11 is 0. The van der Waals surface area contributed by atoms with E-state index in [1.807, 2.05) is 0 Å². The van der Waals surface area contributed by atoms with Crippen molar-refractivity contribution in [1.29, 1.82) is 0 Å². The number of ether oxygens (including phenoxy) is 1. The molecule has 1 saturated carbocycles. The zero-order chi connectivity index (χ0) is 13.4. The van der Waals surface area contributed by atoms with Gasteiger partial charge in [0.2, 0.25) is 0 Å². The summed E-state index contributed by atoms with van der Waals surface area (Å²) < 4.78 is 38.1. The molecule has 102 valence electrons. The van der Waals surface area contributed by atoms with Crippen molar-refractivity contribution in [3.05, 3.63) is 35.1 Å². The molecule has 0 atom stereocenters. The molecule has 3 nitrogen and oxygen atoms in total. The first-order valence-corrected chi connectivity index (χ1v) is 6.31. The minimum absolute atomic E-state index is 0.0281. The molecule has 0 unspecified atom stereocenters. The van der Waals surface area contributed by atoms with Crippen LogP contribution in [-0.4, -0.2) is 13.2 Å². The van der Waals surface area contributed by atoms with Gasteiger partial charge in [-0.25, -0.2) is 8.78 Å². The average molecular weight is 267 g/mol. The molecule has 1 aromatic heterocycles. The number of rotatable bonds is 5. The zero-order valence-electron chi connectivity index (χ0n) is 10.6. The summed E-state index contributed by atoms with van der Waals surface area (Å²) in [5, 5.41) is 3.47. The number of benzene rings is 1. The maximum absolute atomic E-state index is 13.9. The van der Waals surface area contributed by atoms with E-state index >= 15 is 0 Å². The Labute approximate surface area is 109 Å². The van der Waals surface area contributed by atoms with Gasteiger partial charge in [-0.15, -0.1) is 0 Å². The maximum atomic E-state index is 13.9. The lowest BCUT2D eigenvalue weighted by Gasteiger charge is -2.03. The molecule has 1 fully saturated rings. The highest BCUT2D eigenvalue weighted by Crippen LogP contribution is 2.31. The minimum Gasteiger partial charge on any atom is -0.456 e. The summed E-state index contributed by atoms with van der Waals surface area (Å²) in [7, 11) is 1.52. The summed E-state index contributed by atoms with van der Waals surface area (Å²) in [6.45, 7) is 0.673. The molecule has 0 radical (unpaired) electrons. The Morgan fingerprint density at radius 3 is 2.74 bits per heavy atom. The first-order chi connectivity index (χ1) is 9.20. The molecule has 0 bridgehead atoms. The lowest BCUT2D eigenvalue weighted by atomic mass is 10.1. The molecule has 1 N–H and O–H groups in total. The van der Waals surface area contributed by atoms with Gasteiger partial charge in [0.25, 0.3) is 0 Å². The van der Waals surface area contributed by atoms with Crippen LogP contribution in [0.2, 0.25) is 0 Å². The molecular weight excluding hydrogens is 252 g/mol. The molecule has 0 amide bonds.